The van der Waals surface area contributed by atoms with Crippen LogP contribution in [-0.4, -0.2) is 38.2 Å². The molecule has 11 nitrogen and oxygen atoms in total. The van der Waals surface area contributed by atoms with Crippen LogP contribution in [0.5, 0.6) is 0 Å². The Balaban J connectivity index is 1.23. The molecule has 208 valence electrons. The van der Waals surface area contributed by atoms with Crippen LogP contribution >= 0.6 is 0 Å². The molecule has 0 fully saturated rings. The lowest BCUT2D eigenvalue weighted by Crippen LogP contribution is -2.33. The summed E-state index contributed by atoms with van der Waals surface area (Å²) < 4.78 is 15.6. The molecule has 0 bridgehead atoms. The van der Waals surface area contributed by atoms with Crippen LogP contribution in [0.2, 0.25) is 0 Å². The van der Waals surface area contributed by atoms with E-state index in [9.17, 15) is 23.6 Å². The Bertz CT molecular complexity index is 1780. The highest BCUT2D eigenvalue weighted by Crippen LogP contribution is 2.35. The first-order chi connectivity index (χ1) is 19.7. The van der Waals surface area contributed by atoms with Crippen molar-refractivity contribution >= 4 is 35.0 Å². The number of fused-ring (bicyclic) bond motifs is 3. The number of aromatic nitrogens is 3. The molecule has 0 radical (unpaired) electrons. The fourth-order valence-corrected chi connectivity index (χ4v) is 5.48. The van der Waals surface area contributed by atoms with Crippen molar-refractivity contribution in [1.29, 1.82) is 0 Å². The van der Waals surface area contributed by atoms with Crippen LogP contribution in [0.3, 0.4) is 0 Å². The Labute approximate surface area is 233 Å². The van der Waals surface area contributed by atoms with Gasteiger partial charge in [-0.05, 0) is 60.6 Å². The number of urea groups is 1. The van der Waals surface area contributed by atoms with Crippen molar-refractivity contribution in [3.05, 3.63) is 93.2 Å². The summed E-state index contributed by atoms with van der Waals surface area (Å²) in [4.78, 5) is 54.2. The molecule has 4 amide bonds. The lowest BCUT2D eigenvalue weighted by Gasteiger charge is -2.19. The highest BCUT2D eigenvalue weighted by molar-refractivity contribution is 5.99. The first kappa shape index (κ1) is 26.1. The van der Waals surface area contributed by atoms with Crippen molar-refractivity contribution in [2.45, 2.75) is 45.8 Å². The number of nitrogens with one attached hydrogen (secondary N) is 4. The van der Waals surface area contributed by atoms with Crippen molar-refractivity contribution in [3.63, 3.8) is 0 Å². The Morgan fingerprint density at radius 1 is 1.15 bits per heavy atom. The van der Waals surface area contributed by atoms with Crippen LogP contribution in [0.15, 0.2) is 42.6 Å². The number of carbonyl (C=O) groups is 4. The average Bonchev–Trinajstić information content (AvgIpc) is 3.54. The molecular formula is C29H26FN7O4. The van der Waals surface area contributed by atoms with Crippen molar-refractivity contribution in [3.8, 4) is 0 Å². The Hall–Kier alpha value is -5.13. The smallest absolute Gasteiger partial charge is 0.319 e. The number of amides is 4. The van der Waals surface area contributed by atoms with Gasteiger partial charge in [0.15, 0.2) is 17.2 Å². The number of nitrogens with zero attached hydrogens (tertiary/aromatic N) is 3. The van der Waals surface area contributed by atoms with Gasteiger partial charge in [-0.2, -0.15) is 5.10 Å². The third-order valence-corrected chi connectivity index (χ3v) is 7.59. The topological polar surface area (TPSA) is 147 Å². The minimum atomic E-state index is -0.772. The molecule has 2 aromatic heterocycles. The summed E-state index contributed by atoms with van der Waals surface area (Å²) >= 11 is 0. The van der Waals surface area contributed by atoms with E-state index >= 15 is 0 Å². The van der Waals surface area contributed by atoms with Crippen LogP contribution in [0.4, 0.5) is 14.9 Å². The first-order valence-corrected chi connectivity index (χ1v) is 13.1. The van der Waals surface area contributed by atoms with E-state index in [-0.39, 0.29) is 41.4 Å². The third kappa shape index (κ3) is 4.77. The predicted molar refractivity (Wildman–Crippen MR) is 146 cm³/mol. The molecule has 1 unspecified atom stereocenters. The summed E-state index contributed by atoms with van der Waals surface area (Å²) in [7, 11) is 0. The maximum atomic E-state index is 14.5. The Morgan fingerprint density at radius 2 is 1.98 bits per heavy atom. The van der Waals surface area contributed by atoms with Gasteiger partial charge in [-0.15, -0.1) is 0 Å². The second kappa shape index (κ2) is 10.1. The molecule has 1 aliphatic carbocycles. The number of hydrogen-bond acceptors (Lipinski definition) is 6. The van der Waals surface area contributed by atoms with Crippen LogP contribution in [0, 0.1) is 12.7 Å². The second-order valence-electron chi connectivity index (χ2n) is 10.2. The minimum Gasteiger partial charge on any atom is -0.347 e. The van der Waals surface area contributed by atoms with Gasteiger partial charge in [0.1, 0.15) is 11.4 Å². The zero-order valence-corrected chi connectivity index (χ0v) is 22.3. The van der Waals surface area contributed by atoms with Gasteiger partial charge in [-0.1, -0.05) is 24.3 Å². The summed E-state index contributed by atoms with van der Waals surface area (Å²) in [5, 5.41) is 15.1. The first-order valence-electron chi connectivity index (χ1n) is 13.1. The number of benzene rings is 2. The van der Waals surface area contributed by atoms with E-state index in [0.29, 0.717) is 30.6 Å². The van der Waals surface area contributed by atoms with Crippen molar-refractivity contribution in [1.82, 2.24) is 30.5 Å². The monoisotopic (exact) mass is 555 g/mol. The molecule has 4 N–H and O–H groups in total. The molecule has 1 atom stereocenters. The molecule has 0 saturated heterocycles. The molecule has 0 saturated carbocycles. The molecule has 4 aromatic rings. The summed E-state index contributed by atoms with van der Waals surface area (Å²) in [6.45, 7) is 3.95. The molecule has 41 heavy (non-hydrogen) atoms. The fourth-order valence-electron chi connectivity index (χ4n) is 5.48. The summed E-state index contributed by atoms with van der Waals surface area (Å²) in [6.07, 6.45) is 2.27. The van der Waals surface area contributed by atoms with E-state index < -0.39 is 17.6 Å². The lowest BCUT2D eigenvalue weighted by molar-refractivity contribution is 0.0927. The SMILES string of the molecule is CC(=O)c1ccc2c(c1C)CCC2NC(=O)c1cc(C(=O)NCc2ccc3c(c2)NC(=O)NC3)nc2c(F)cnn12. The van der Waals surface area contributed by atoms with Crippen LogP contribution in [0.1, 0.15) is 78.5 Å². The maximum Gasteiger partial charge on any atom is 0.319 e. The summed E-state index contributed by atoms with van der Waals surface area (Å²) in [6, 6.07) is 9.72. The second-order valence-corrected chi connectivity index (χ2v) is 10.2. The van der Waals surface area contributed by atoms with E-state index in [1.165, 1.54) is 13.0 Å². The number of halogens is 1. The molecule has 6 rings (SSSR count). The summed E-state index contributed by atoms with van der Waals surface area (Å²) in [5.41, 5.74) is 5.39. The van der Waals surface area contributed by atoms with Gasteiger partial charge < -0.3 is 21.3 Å². The zero-order chi connectivity index (χ0) is 28.8. The quantitative estimate of drug-likeness (QED) is 0.268. The number of hydrogen-bond donors (Lipinski definition) is 4. The number of carbonyl (C=O) groups excluding carboxylic acids is 4. The van der Waals surface area contributed by atoms with E-state index in [2.05, 4.69) is 31.3 Å². The number of ketones is 1. The molecule has 1 aliphatic heterocycles. The van der Waals surface area contributed by atoms with E-state index in [0.717, 1.165) is 38.5 Å². The average molecular weight is 556 g/mol. The van der Waals surface area contributed by atoms with E-state index in [4.69, 9.17) is 0 Å². The molecule has 2 aliphatic rings. The minimum absolute atomic E-state index is 0.0147. The largest absolute Gasteiger partial charge is 0.347 e. The molecule has 0 spiro atoms. The number of anilines is 1. The van der Waals surface area contributed by atoms with Crippen molar-refractivity contribution in [2.75, 3.05) is 5.32 Å². The van der Waals surface area contributed by atoms with Crippen LogP contribution in [0.25, 0.3) is 5.65 Å². The van der Waals surface area contributed by atoms with Gasteiger partial charge in [0.25, 0.3) is 11.8 Å². The predicted octanol–water partition coefficient (Wildman–Crippen LogP) is 3.36. The van der Waals surface area contributed by atoms with Gasteiger partial charge in [0.2, 0.25) is 0 Å². The van der Waals surface area contributed by atoms with Crippen LogP contribution in [-0.2, 0) is 19.5 Å². The highest BCUT2D eigenvalue weighted by Gasteiger charge is 2.29. The maximum absolute atomic E-state index is 14.5. The third-order valence-electron chi connectivity index (χ3n) is 7.59. The molecule has 3 heterocycles. The molecule has 12 heteroatoms. The fraction of sp³-hybridized carbons (Fsp3) is 0.241. The van der Waals surface area contributed by atoms with E-state index in [1.54, 1.807) is 12.1 Å². The van der Waals surface area contributed by atoms with Crippen LogP contribution < -0.4 is 21.3 Å². The Morgan fingerprint density at radius 3 is 2.78 bits per heavy atom. The van der Waals surface area contributed by atoms with Gasteiger partial charge >= 0.3 is 6.03 Å². The van der Waals surface area contributed by atoms with Gasteiger partial charge in [-0.3, -0.25) is 14.4 Å². The normalized spacial score (nSPS) is 15.5. The standard InChI is InChI=1S/C29H26FN7O4/c1-14-18(15(2)38)5-6-20-19(14)7-8-22(20)35-28(40)25-10-24(34-26-21(30)13-33-37(25)26)27(39)31-11-16-3-4-17-12-32-29(41)36-23(17)9-16/h3-6,9-10,13,22H,7-8,11-12H2,1-2H3,(H,31,39)(H,35,40)(H2,32,36,41). The summed E-state index contributed by atoms with van der Waals surface area (Å²) in [5.74, 6) is -1.94. The molecular weight excluding hydrogens is 529 g/mol. The van der Waals surface area contributed by atoms with E-state index in [1.807, 2.05) is 25.1 Å². The van der Waals surface area contributed by atoms with Gasteiger partial charge in [0.05, 0.1) is 12.2 Å². The highest BCUT2D eigenvalue weighted by atomic mass is 19.1. The molecule has 2 aromatic carbocycles. The van der Waals surface area contributed by atoms with Gasteiger partial charge in [0, 0.05) is 30.4 Å². The van der Waals surface area contributed by atoms with Gasteiger partial charge in [-0.25, -0.2) is 18.7 Å². The Kier molecular flexibility index (Phi) is 6.45. The number of rotatable bonds is 6. The van der Waals surface area contributed by atoms with Crippen molar-refractivity contribution < 1.29 is 23.6 Å². The number of Topliss-reactive ketones (excluding diaryl/α,β-unsaturated/α-hetero) is 1. The zero-order valence-electron chi connectivity index (χ0n) is 22.3. The van der Waals surface area contributed by atoms with Crippen molar-refractivity contribution in [2.24, 2.45) is 0 Å². The lowest BCUT2D eigenvalue weighted by atomic mass is 9.96.